The van der Waals surface area contributed by atoms with Crippen LogP contribution in [0.25, 0.3) is 0 Å². The molecule has 4 rings (SSSR count). The van der Waals surface area contributed by atoms with Crippen molar-refractivity contribution in [2.45, 2.75) is 25.4 Å². The molecule has 0 saturated carbocycles. The van der Waals surface area contributed by atoms with E-state index in [2.05, 4.69) is 0 Å². The molecule has 1 aliphatic rings. The van der Waals surface area contributed by atoms with Gasteiger partial charge in [-0.25, -0.2) is 4.79 Å². The molecule has 0 radical (unpaired) electrons. The standard InChI is InChI=1S/C25H22O5/c26-24-14-13-22(30-24)25(27)20-11-12-21(28-16-18-7-3-1-4-8-18)23(15-20)29-17-19-9-5-2-6-10-19/h1-15,22,25,27H,16-17H2/t22-,25-/m0/s1. The van der Waals surface area contributed by atoms with Gasteiger partial charge in [0.2, 0.25) is 0 Å². The Morgan fingerprint density at radius 1 is 0.833 bits per heavy atom. The third kappa shape index (κ3) is 4.88. The Morgan fingerprint density at radius 3 is 2.00 bits per heavy atom. The topological polar surface area (TPSA) is 65.0 Å². The SMILES string of the molecule is O=C1C=C[C@@H]([C@@H](O)c2ccc(OCc3ccccc3)c(OCc3ccccc3)c2)O1. The Labute approximate surface area is 175 Å². The van der Waals surface area contributed by atoms with Gasteiger partial charge in [0, 0.05) is 6.08 Å². The molecule has 0 saturated heterocycles. The minimum atomic E-state index is -0.991. The summed E-state index contributed by atoms with van der Waals surface area (Å²) in [4.78, 5) is 11.3. The maximum atomic E-state index is 11.3. The minimum Gasteiger partial charge on any atom is -0.485 e. The zero-order valence-corrected chi connectivity index (χ0v) is 16.3. The van der Waals surface area contributed by atoms with Crippen molar-refractivity contribution in [3.05, 3.63) is 108 Å². The Morgan fingerprint density at radius 2 is 1.43 bits per heavy atom. The summed E-state index contributed by atoms with van der Waals surface area (Å²) >= 11 is 0. The van der Waals surface area contributed by atoms with Gasteiger partial charge in [-0.05, 0) is 34.9 Å². The van der Waals surface area contributed by atoms with E-state index in [9.17, 15) is 9.90 Å². The number of aliphatic hydroxyl groups excluding tert-OH is 1. The number of hydrogen-bond acceptors (Lipinski definition) is 5. The molecule has 152 valence electrons. The fraction of sp³-hybridized carbons (Fsp3) is 0.160. The largest absolute Gasteiger partial charge is 0.485 e. The zero-order chi connectivity index (χ0) is 20.8. The lowest BCUT2D eigenvalue weighted by molar-refractivity contribution is -0.142. The summed E-state index contributed by atoms with van der Waals surface area (Å²) in [5, 5.41) is 10.6. The lowest BCUT2D eigenvalue weighted by atomic mass is 10.0. The zero-order valence-electron chi connectivity index (χ0n) is 16.3. The summed E-state index contributed by atoms with van der Waals surface area (Å²) in [5.74, 6) is 0.631. The van der Waals surface area contributed by atoms with Gasteiger partial charge in [0.25, 0.3) is 0 Å². The van der Waals surface area contributed by atoms with Crippen LogP contribution in [-0.4, -0.2) is 17.2 Å². The van der Waals surface area contributed by atoms with E-state index in [0.29, 0.717) is 30.3 Å². The van der Waals surface area contributed by atoms with Crippen molar-refractivity contribution >= 4 is 5.97 Å². The van der Waals surface area contributed by atoms with Gasteiger partial charge >= 0.3 is 5.97 Å². The molecule has 0 unspecified atom stereocenters. The van der Waals surface area contributed by atoms with Crippen LogP contribution in [0.2, 0.25) is 0 Å². The molecule has 3 aromatic carbocycles. The Balaban J connectivity index is 1.54. The van der Waals surface area contributed by atoms with Gasteiger partial charge in [-0.1, -0.05) is 66.7 Å². The van der Waals surface area contributed by atoms with Crippen LogP contribution in [0.4, 0.5) is 0 Å². The third-order valence-electron chi connectivity index (χ3n) is 4.77. The second-order valence-electron chi connectivity index (χ2n) is 6.96. The molecular formula is C25H22O5. The molecule has 1 aliphatic heterocycles. The van der Waals surface area contributed by atoms with Crippen molar-refractivity contribution in [3.63, 3.8) is 0 Å². The fourth-order valence-electron chi connectivity index (χ4n) is 3.16. The molecule has 0 aromatic heterocycles. The second-order valence-corrected chi connectivity index (χ2v) is 6.96. The number of hydrogen-bond donors (Lipinski definition) is 1. The predicted octanol–water partition coefficient (Wildman–Crippen LogP) is 4.36. The molecule has 1 N–H and O–H groups in total. The van der Waals surface area contributed by atoms with E-state index >= 15 is 0 Å². The highest BCUT2D eigenvalue weighted by Gasteiger charge is 2.27. The first-order chi connectivity index (χ1) is 14.7. The highest BCUT2D eigenvalue weighted by molar-refractivity contribution is 5.84. The van der Waals surface area contributed by atoms with Crippen molar-refractivity contribution in [1.82, 2.24) is 0 Å². The first-order valence-corrected chi connectivity index (χ1v) is 9.73. The van der Waals surface area contributed by atoms with Crippen LogP contribution in [0.5, 0.6) is 11.5 Å². The fourth-order valence-corrected chi connectivity index (χ4v) is 3.16. The normalized spacial score (nSPS) is 16.2. The maximum absolute atomic E-state index is 11.3. The quantitative estimate of drug-likeness (QED) is 0.567. The molecule has 5 heteroatoms. The molecular weight excluding hydrogens is 380 g/mol. The Kier molecular flexibility index (Phi) is 6.11. The molecule has 2 atom stereocenters. The summed E-state index contributed by atoms with van der Waals surface area (Å²) in [5.41, 5.74) is 2.64. The van der Waals surface area contributed by atoms with E-state index in [-0.39, 0.29) is 0 Å². The van der Waals surface area contributed by atoms with Gasteiger partial charge in [0.15, 0.2) is 17.6 Å². The van der Waals surface area contributed by atoms with Gasteiger partial charge in [0.05, 0.1) is 0 Å². The minimum absolute atomic E-state index is 0.362. The van der Waals surface area contributed by atoms with Crippen LogP contribution < -0.4 is 9.47 Å². The van der Waals surface area contributed by atoms with Crippen molar-refractivity contribution < 1.29 is 24.1 Å². The van der Waals surface area contributed by atoms with E-state index in [1.807, 2.05) is 60.7 Å². The second kappa shape index (κ2) is 9.29. The Hall–Kier alpha value is -3.57. The highest BCUT2D eigenvalue weighted by Crippen LogP contribution is 2.34. The van der Waals surface area contributed by atoms with Crippen molar-refractivity contribution in [3.8, 4) is 11.5 Å². The number of carbonyl (C=O) groups excluding carboxylic acids is 1. The lowest BCUT2D eigenvalue weighted by Gasteiger charge is -2.19. The third-order valence-corrected chi connectivity index (χ3v) is 4.77. The average molecular weight is 402 g/mol. The lowest BCUT2D eigenvalue weighted by Crippen LogP contribution is -2.18. The van der Waals surface area contributed by atoms with E-state index in [4.69, 9.17) is 14.2 Å². The molecule has 0 fully saturated rings. The van der Waals surface area contributed by atoms with Gasteiger partial charge in [-0.2, -0.15) is 0 Å². The van der Waals surface area contributed by atoms with Gasteiger partial charge < -0.3 is 19.3 Å². The van der Waals surface area contributed by atoms with E-state index < -0.39 is 18.2 Å². The average Bonchev–Trinajstić information content (AvgIpc) is 3.23. The molecule has 0 bridgehead atoms. The van der Waals surface area contributed by atoms with Crippen molar-refractivity contribution in [1.29, 1.82) is 0 Å². The van der Waals surface area contributed by atoms with E-state index in [1.54, 1.807) is 24.3 Å². The van der Waals surface area contributed by atoms with Crippen molar-refractivity contribution in [2.75, 3.05) is 0 Å². The summed E-state index contributed by atoms with van der Waals surface area (Å²) in [6.45, 7) is 0.758. The molecule has 3 aromatic rings. The smallest absolute Gasteiger partial charge is 0.331 e. The van der Waals surface area contributed by atoms with Crippen LogP contribution in [0.15, 0.2) is 91.0 Å². The monoisotopic (exact) mass is 402 g/mol. The number of benzene rings is 3. The summed E-state index contributed by atoms with van der Waals surface area (Å²) in [6, 6.07) is 24.9. The molecule has 0 amide bonds. The molecule has 0 aliphatic carbocycles. The van der Waals surface area contributed by atoms with Crippen LogP contribution >= 0.6 is 0 Å². The molecule has 5 nitrogen and oxygen atoms in total. The summed E-state index contributed by atoms with van der Waals surface area (Å²) < 4.78 is 17.1. The van der Waals surface area contributed by atoms with Gasteiger partial charge in [-0.3, -0.25) is 0 Å². The maximum Gasteiger partial charge on any atom is 0.331 e. The summed E-state index contributed by atoms with van der Waals surface area (Å²) in [6.07, 6.45) is 1.17. The number of cyclic esters (lactones) is 1. The Bertz CT molecular complexity index is 1010. The molecule has 0 spiro atoms. The van der Waals surface area contributed by atoms with E-state index in [1.165, 1.54) is 6.08 Å². The van der Waals surface area contributed by atoms with Crippen LogP contribution in [0, 0.1) is 0 Å². The highest BCUT2D eigenvalue weighted by atomic mass is 16.6. The van der Waals surface area contributed by atoms with E-state index in [0.717, 1.165) is 11.1 Å². The van der Waals surface area contributed by atoms with Crippen LogP contribution in [-0.2, 0) is 22.7 Å². The predicted molar refractivity (Wildman–Crippen MR) is 112 cm³/mol. The van der Waals surface area contributed by atoms with Crippen LogP contribution in [0.3, 0.4) is 0 Å². The number of rotatable bonds is 8. The number of aliphatic hydroxyl groups is 1. The molecule has 1 heterocycles. The number of esters is 1. The number of carbonyl (C=O) groups is 1. The first-order valence-electron chi connectivity index (χ1n) is 9.73. The molecule has 30 heavy (non-hydrogen) atoms. The van der Waals surface area contributed by atoms with Crippen molar-refractivity contribution in [2.24, 2.45) is 0 Å². The van der Waals surface area contributed by atoms with Gasteiger partial charge in [0.1, 0.15) is 19.3 Å². The van der Waals surface area contributed by atoms with Gasteiger partial charge in [-0.15, -0.1) is 0 Å². The summed E-state index contributed by atoms with van der Waals surface area (Å²) in [7, 11) is 0. The van der Waals surface area contributed by atoms with Crippen LogP contribution in [0.1, 0.15) is 22.8 Å². The first kappa shape index (κ1) is 19.7. The number of ether oxygens (including phenoxy) is 3.